The zero-order valence-corrected chi connectivity index (χ0v) is 22.2. The Morgan fingerprint density at radius 3 is 2.58 bits per heavy atom. The number of carbonyl (C=O) groups excluding carboxylic acids is 1. The molecule has 0 spiro atoms. The van der Waals surface area contributed by atoms with Crippen molar-refractivity contribution in [2.45, 2.75) is 25.8 Å². The summed E-state index contributed by atoms with van der Waals surface area (Å²) >= 11 is 1.98. The van der Waals surface area contributed by atoms with Crippen molar-refractivity contribution in [3.8, 4) is 11.5 Å². The normalized spacial score (nSPS) is 13.2. The third-order valence-electron chi connectivity index (χ3n) is 5.40. The first kappa shape index (κ1) is 25.9. The summed E-state index contributed by atoms with van der Waals surface area (Å²) in [7, 11) is -2.56. The Kier molecular flexibility index (Phi) is 7.24. The van der Waals surface area contributed by atoms with Crippen LogP contribution in [0.4, 0.5) is 21.6 Å². The van der Waals surface area contributed by atoms with Gasteiger partial charge in [0.15, 0.2) is 5.75 Å². The smallest absolute Gasteiger partial charge is 0.296 e. The Balaban J connectivity index is 1.85. The number of halogens is 2. The molecule has 4 rings (SSSR count). The average Bonchev–Trinajstić information content (AvgIpc) is 3.60. The van der Waals surface area contributed by atoms with Crippen molar-refractivity contribution in [2.24, 2.45) is 12.2 Å². The molecule has 1 heterocycles. The number of benzene rings is 2. The molecule has 0 aliphatic heterocycles. The highest BCUT2D eigenvalue weighted by Gasteiger charge is 2.30. The van der Waals surface area contributed by atoms with Gasteiger partial charge in [0, 0.05) is 22.7 Å². The summed E-state index contributed by atoms with van der Waals surface area (Å²) in [5.74, 6) is -0.923. The molecule has 1 saturated carbocycles. The first-order chi connectivity index (χ1) is 16.9. The van der Waals surface area contributed by atoms with Crippen LogP contribution >= 0.6 is 22.6 Å². The quantitative estimate of drug-likeness (QED) is 0.282. The third-order valence-corrected chi connectivity index (χ3v) is 6.59. The Hall–Kier alpha value is -3.17. The monoisotopic (exact) mass is 627 g/mol. The molecule has 36 heavy (non-hydrogen) atoms. The molecule has 1 fully saturated rings. The number of amides is 1. The Morgan fingerprint density at radius 2 is 1.94 bits per heavy atom. The molecular formula is C23H23FIN5O5S. The maximum absolute atomic E-state index is 14.7. The van der Waals surface area contributed by atoms with Gasteiger partial charge in [0.1, 0.15) is 22.9 Å². The molecule has 13 heteroatoms. The van der Waals surface area contributed by atoms with Crippen molar-refractivity contribution >= 4 is 55.9 Å². The van der Waals surface area contributed by atoms with Gasteiger partial charge in [0.25, 0.3) is 21.7 Å². The van der Waals surface area contributed by atoms with Crippen LogP contribution < -0.4 is 30.8 Å². The first-order valence-corrected chi connectivity index (χ1v) is 13.4. The lowest BCUT2D eigenvalue weighted by Gasteiger charge is -2.21. The molecule has 190 valence electrons. The van der Waals surface area contributed by atoms with E-state index < -0.39 is 27.5 Å². The molecule has 2 aromatic carbocycles. The molecule has 0 radical (unpaired) electrons. The van der Waals surface area contributed by atoms with E-state index in [1.807, 2.05) is 22.6 Å². The molecule has 1 amide bonds. The van der Waals surface area contributed by atoms with Crippen LogP contribution in [0.1, 0.15) is 28.8 Å². The number of nitrogens with one attached hydrogen (secondary N) is 3. The van der Waals surface area contributed by atoms with E-state index in [2.05, 4.69) is 15.4 Å². The van der Waals surface area contributed by atoms with Gasteiger partial charge in [0.05, 0.1) is 16.9 Å². The number of anilines is 3. The molecule has 1 aliphatic carbocycles. The molecule has 1 aliphatic rings. The molecule has 3 aromatic rings. The molecule has 1 aromatic heterocycles. The topological polar surface area (TPSA) is 145 Å². The van der Waals surface area contributed by atoms with E-state index in [0.29, 0.717) is 3.57 Å². The van der Waals surface area contributed by atoms with Gasteiger partial charge in [0.2, 0.25) is 0 Å². The number of aromatic nitrogens is 1. The van der Waals surface area contributed by atoms with E-state index in [1.54, 1.807) is 6.07 Å². The van der Waals surface area contributed by atoms with Crippen LogP contribution in [0.5, 0.6) is 11.5 Å². The minimum Gasteiger partial charge on any atom is -0.456 e. The van der Waals surface area contributed by atoms with Crippen molar-refractivity contribution < 1.29 is 22.3 Å². The van der Waals surface area contributed by atoms with Gasteiger partial charge < -0.3 is 15.4 Å². The number of nitrogens with two attached hydrogens (primary N) is 1. The zero-order valence-electron chi connectivity index (χ0n) is 19.3. The van der Waals surface area contributed by atoms with Gasteiger partial charge in [-0.15, -0.1) is 0 Å². The van der Waals surface area contributed by atoms with Crippen molar-refractivity contribution in [2.75, 3.05) is 10.0 Å². The summed E-state index contributed by atoms with van der Waals surface area (Å²) in [5, 5.41) is 10.8. The maximum atomic E-state index is 14.7. The molecule has 10 nitrogen and oxygen atoms in total. The first-order valence-electron chi connectivity index (χ1n) is 10.8. The fraction of sp³-hybridized carbons (Fsp3) is 0.217. The van der Waals surface area contributed by atoms with E-state index in [1.165, 1.54) is 54.9 Å². The lowest BCUT2D eigenvalue weighted by Crippen LogP contribution is -2.31. The van der Waals surface area contributed by atoms with Gasteiger partial charge in [-0.25, -0.2) is 9.53 Å². The second kappa shape index (κ2) is 10.1. The van der Waals surface area contributed by atoms with Crippen LogP contribution in [0, 0.1) is 16.3 Å². The van der Waals surface area contributed by atoms with E-state index in [9.17, 15) is 22.4 Å². The average molecular weight is 627 g/mol. The summed E-state index contributed by atoms with van der Waals surface area (Å²) in [6.45, 7) is 1.51. The van der Waals surface area contributed by atoms with Crippen LogP contribution in [0.2, 0.25) is 0 Å². The number of rotatable bonds is 8. The van der Waals surface area contributed by atoms with Gasteiger partial charge in [-0.05, 0) is 72.7 Å². The number of carbonyl (C=O) groups is 1. The minimum absolute atomic E-state index is 0.00394. The number of pyridine rings is 1. The molecule has 0 atom stereocenters. The Bertz CT molecular complexity index is 1520. The lowest BCUT2D eigenvalue weighted by molar-refractivity contribution is 0.0948. The fourth-order valence-corrected chi connectivity index (χ4v) is 4.42. The summed E-state index contributed by atoms with van der Waals surface area (Å²) in [6, 6.07) is 10.4. The van der Waals surface area contributed by atoms with Crippen LogP contribution in [0.3, 0.4) is 0 Å². The maximum Gasteiger partial charge on any atom is 0.296 e. The summed E-state index contributed by atoms with van der Waals surface area (Å²) in [4.78, 5) is 26.5. The number of nitrogens with zero attached hydrogens (tertiary/aromatic N) is 1. The molecule has 0 bridgehead atoms. The summed E-state index contributed by atoms with van der Waals surface area (Å²) in [6.07, 6.45) is 1.64. The Labute approximate surface area is 220 Å². The Morgan fingerprint density at radius 1 is 1.22 bits per heavy atom. The van der Waals surface area contributed by atoms with Gasteiger partial charge >= 0.3 is 0 Å². The molecule has 0 saturated heterocycles. The molecule has 5 N–H and O–H groups in total. The second-order valence-electron chi connectivity index (χ2n) is 8.32. The second-order valence-corrected chi connectivity index (χ2v) is 10.9. The number of hydrogen-bond acceptors (Lipinski definition) is 6. The molecular weight excluding hydrogens is 604 g/mol. The predicted molar refractivity (Wildman–Crippen MR) is 143 cm³/mol. The van der Waals surface area contributed by atoms with Crippen LogP contribution in [0.15, 0.2) is 47.3 Å². The van der Waals surface area contributed by atoms with Crippen molar-refractivity contribution in [3.63, 3.8) is 0 Å². The van der Waals surface area contributed by atoms with E-state index in [4.69, 9.17) is 9.88 Å². The zero-order chi connectivity index (χ0) is 26.2. The standard InChI is InChI=1S/C23H23FIN5O5S/c1-12-20(35-16-5-3-4-15(11-16)29-36(26,33)34)19(22(31)27-14-7-8-14)21(30(2)23(12)32)28-18-9-6-13(25)10-17(18)24/h3-6,9-11,14,28-29H,7-8H2,1-2H3,(H,27,31)(H2,26,33,34). The predicted octanol–water partition coefficient (Wildman–Crippen LogP) is 3.48. The van der Waals surface area contributed by atoms with Gasteiger partial charge in [-0.1, -0.05) is 6.07 Å². The highest BCUT2D eigenvalue weighted by atomic mass is 127. The van der Waals surface area contributed by atoms with Crippen molar-refractivity contribution in [1.82, 2.24) is 9.88 Å². The van der Waals surface area contributed by atoms with Gasteiger partial charge in [-0.2, -0.15) is 8.42 Å². The minimum atomic E-state index is -4.03. The van der Waals surface area contributed by atoms with Crippen molar-refractivity contribution in [3.05, 3.63) is 73.3 Å². The van der Waals surface area contributed by atoms with Crippen LogP contribution in [0.25, 0.3) is 0 Å². The van der Waals surface area contributed by atoms with E-state index in [0.717, 1.165) is 12.8 Å². The summed E-state index contributed by atoms with van der Waals surface area (Å²) in [5.41, 5.74) is -0.138. The number of hydrogen-bond donors (Lipinski definition) is 4. The largest absolute Gasteiger partial charge is 0.456 e. The SMILES string of the molecule is Cc1c(Oc2cccc(NS(N)(=O)=O)c2)c(C(=O)NC2CC2)c(Nc2ccc(I)cc2F)n(C)c1=O. The lowest BCUT2D eigenvalue weighted by atomic mass is 10.1. The van der Waals surface area contributed by atoms with Crippen LogP contribution in [-0.2, 0) is 17.3 Å². The fourth-order valence-electron chi connectivity index (χ4n) is 3.51. The highest BCUT2D eigenvalue weighted by Crippen LogP contribution is 2.35. The third kappa shape index (κ3) is 5.96. The van der Waals surface area contributed by atoms with E-state index >= 15 is 0 Å². The van der Waals surface area contributed by atoms with E-state index in [-0.39, 0.29) is 45.9 Å². The summed E-state index contributed by atoms with van der Waals surface area (Å²) < 4.78 is 47.5. The van der Waals surface area contributed by atoms with Crippen LogP contribution in [-0.4, -0.2) is 24.9 Å². The van der Waals surface area contributed by atoms with Crippen molar-refractivity contribution in [1.29, 1.82) is 0 Å². The highest BCUT2D eigenvalue weighted by molar-refractivity contribution is 14.1. The van der Waals surface area contributed by atoms with Gasteiger partial charge in [-0.3, -0.25) is 18.9 Å². The molecule has 0 unspecified atom stereocenters. The number of ether oxygens (including phenoxy) is 1.